The first-order chi connectivity index (χ1) is 19.5. The van der Waals surface area contributed by atoms with Crippen LogP contribution in [0.15, 0.2) is 94.8 Å². The molecule has 5 aromatic rings. The third-order valence-corrected chi connectivity index (χ3v) is 6.77. The van der Waals surface area contributed by atoms with Crippen LogP contribution < -0.4 is 11.1 Å². The van der Waals surface area contributed by atoms with Crippen LogP contribution in [0.5, 0.6) is 11.5 Å². The standard InChI is InChI=1S/C33H30N4O4/c1-19-13-23-30(39)24(14-19)32(41)37-28-12-8-6-10-26(28)35-18-21-16-22(33(2,3)4)15-20(29(21)38)17-34-25-9-5-7-11-27(25)36-31(23)40/h5-18,38-39H,1-4H3,(H,36,40)(H,37,41). The summed E-state index contributed by atoms with van der Waals surface area (Å²) in [6.07, 6.45) is 3.10. The number of aryl methyl sites for hydroxylation is 1. The van der Waals surface area contributed by atoms with Crippen molar-refractivity contribution in [3.8, 4) is 11.5 Å². The number of phenolic OH excluding ortho intramolecular Hbond substituents is 2. The fraction of sp³-hybridized carbons (Fsp3) is 0.152. The Labute approximate surface area is 235 Å². The molecule has 0 fully saturated rings. The van der Waals surface area contributed by atoms with E-state index in [1.54, 1.807) is 67.8 Å². The van der Waals surface area contributed by atoms with E-state index in [-0.39, 0.29) is 21.9 Å². The lowest BCUT2D eigenvalue weighted by Gasteiger charge is -2.19. The maximum Gasteiger partial charge on any atom is 0.259 e. The van der Waals surface area contributed by atoms with Crippen LogP contribution in [-0.4, -0.2) is 30.1 Å². The minimum absolute atomic E-state index is 0.00923. The van der Waals surface area contributed by atoms with Crippen molar-refractivity contribution in [1.82, 2.24) is 19.9 Å². The molecule has 0 saturated carbocycles. The van der Waals surface area contributed by atoms with Crippen LogP contribution in [0.3, 0.4) is 0 Å². The van der Waals surface area contributed by atoms with Gasteiger partial charge in [0, 0.05) is 23.2 Å². The Morgan fingerprint density at radius 1 is 0.659 bits per heavy atom. The average molecular weight is 547 g/mol. The molecule has 4 aromatic carbocycles. The number of aromatic nitrogens is 4. The van der Waals surface area contributed by atoms with E-state index in [0.29, 0.717) is 38.4 Å². The summed E-state index contributed by atoms with van der Waals surface area (Å²) in [6.45, 7) is 7.95. The van der Waals surface area contributed by atoms with Crippen molar-refractivity contribution in [2.75, 3.05) is 0 Å². The van der Waals surface area contributed by atoms with Crippen molar-refractivity contribution >= 4 is 43.6 Å². The van der Waals surface area contributed by atoms with E-state index in [9.17, 15) is 19.8 Å². The second kappa shape index (κ2) is 10.7. The molecular weight excluding hydrogens is 516 g/mol. The summed E-state index contributed by atoms with van der Waals surface area (Å²) >= 11 is 0. The Hall–Kier alpha value is -5.24. The molecule has 0 aliphatic heterocycles. The number of hydrogen-bond donors (Lipinski definition) is 4. The Morgan fingerprint density at radius 3 is 1.54 bits per heavy atom. The highest BCUT2D eigenvalue weighted by molar-refractivity contribution is 5.83. The predicted octanol–water partition coefficient (Wildman–Crippen LogP) is 6.29. The van der Waals surface area contributed by atoms with E-state index >= 15 is 0 Å². The van der Waals surface area contributed by atoms with Crippen LogP contribution >= 0.6 is 0 Å². The highest BCUT2D eigenvalue weighted by Gasteiger charge is 2.15. The first-order valence-corrected chi connectivity index (χ1v) is 13.1. The zero-order valence-electron chi connectivity index (χ0n) is 23.2. The first kappa shape index (κ1) is 27.3. The third-order valence-electron chi connectivity index (χ3n) is 6.77. The summed E-state index contributed by atoms with van der Waals surface area (Å²) < 4.78 is 0. The van der Waals surface area contributed by atoms with Crippen LogP contribution in [0, 0.1) is 6.92 Å². The molecule has 5 rings (SSSR count). The molecule has 0 amide bonds. The lowest BCUT2D eigenvalue weighted by molar-refractivity contribution is 0.485. The van der Waals surface area contributed by atoms with Gasteiger partial charge in [0.2, 0.25) is 0 Å². The van der Waals surface area contributed by atoms with Gasteiger partial charge in [0.15, 0.2) is 0 Å². The highest BCUT2D eigenvalue weighted by atomic mass is 16.3. The fourth-order valence-corrected chi connectivity index (χ4v) is 4.48. The van der Waals surface area contributed by atoms with Gasteiger partial charge < -0.3 is 20.2 Å². The molecule has 0 unspecified atom stereocenters. The molecule has 1 aromatic heterocycles. The summed E-state index contributed by atoms with van der Waals surface area (Å²) in [4.78, 5) is 41.5. The van der Waals surface area contributed by atoms with Gasteiger partial charge in [-0.1, -0.05) is 45.0 Å². The number of hydrogen-bond acceptors (Lipinski definition) is 6. The van der Waals surface area contributed by atoms with Crippen LogP contribution in [0.2, 0.25) is 0 Å². The van der Waals surface area contributed by atoms with E-state index in [4.69, 9.17) is 0 Å². The van der Waals surface area contributed by atoms with Crippen molar-refractivity contribution in [2.45, 2.75) is 33.1 Å². The molecule has 206 valence electrons. The van der Waals surface area contributed by atoms with Crippen LogP contribution in [0.1, 0.15) is 31.9 Å². The monoisotopic (exact) mass is 546 g/mol. The summed E-state index contributed by atoms with van der Waals surface area (Å²) in [5, 5.41) is 23.1. The number of aromatic amines is 2. The lowest BCUT2D eigenvalue weighted by Crippen LogP contribution is -2.10. The molecule has 1 heterocycles. The zero-order valence-corrected chi connectivity index (χ0v) is 23.2. The SMILES string of the molecule is Cc1cc2c(O)c(c1)c(=O)[nH]c1ccccc1ncc1cc(C(C)(C)C)cc(cnc3ccccc3[nH]c2=O)c1O. The molecule has 4 bridgehead atoms. The van der Waals surface area contributed by atoms with Gasteiger partial charge in [-0.3, -0.25) is 19.6 Å². The Kier molecular flexibility index (Phi) is 7.15. The molecule has 0 saturated heterocycles. The van der Waals surface area contributed by atoms with Crippen molar-refractivity contribution in [3.63, 3.8) is 0 Å². The number of nitrogens with one attached hydrogen (secondary N) is 2. The molecule has 8 heteroatoms. The van der Waals surface area contributed by atoms with Gasteiger partial charge in [0.25, 0.3) is 11.1 Å². The van der Waals surface area contributed by atoms with Gasteiger partial charge in [-0.05, 0) is 72.0 Å². The molecule has 0 radical (unpaired) electrons. The number of fused-ring (bicyclic) bond motifs is 6. The van der Waals surface area contributed by atoms with E-state index in [1.165, 1.54) is 12.1 Å². The van der Waals surface area contributed by atoms with Gasteiger partial charge in [0.1, 0.15) is 11.5 Å². The summed E-state index contributed by atoms with van der Waals surface area (Å²) in [6, 6.07) is 20.7. The second-order valence-electron chi connectivity index (χ2n) is 10.9. The normalized spacial score (nSPS) is 11.3. The van der Waals surface area contributed by atoms with E-state index in [1.807, 2.05) is 12.1 Å². The molecule has 0 spiro atoms. The van der Waals surface area contributed by atoms with Gasteiger partial charge in [0.05, 0.1) is 32.8 Å². The van der Waals surface area contributed by atoms with Gasteiger partial charge >= 0.3 is 0 Å². The Bertz CT molecular complexity index is 1990. The van der Waals surface area contributed by atoms with Gasteiger partial charge in [-0.2, -0.15) is 0 Å². The largest absolute Gasteiger partial charge is 0.507 e. The molecule has 4 N–H and O–H groups in total. The number of benzene rings is 4. The van der Waals surface area contributed by atoms with Gasteiger partial charge in [-0.25, -0.2) is 0 Å². The average Bonchev–Trinajstić information content (AvgIpc) is 2.93. The first-order valence-electron chi connectivity index (χ1n) is 13.1. The van der Waals surface area contributed by atoms with Crippen molar-refractivity contribution < 1.29 is 10.2 Å². The molecule has 0 atom stereocenters. The van der Waals surface area contributed by atoms with Crippen LogP contribution in [-0.2, 0) is 5.41 Å². The number of aromatic hydroxyl groups is 2. The smallest absolute Gasteiger partial charge is 0.259 e. The van der Waals surface area contributed by atoms with Crippen molar-refractivity contribution in [3.05, 3.63) is 117 Å². The lowest BCUT2D eigenvalue weighted by atomic mass is 9.86. The zero-order chi connectivity index (χ0) is 29.3. The molecule has 41 heavy (non-hydrogen) atoms. The topological polar surface area (TPSA) is 132 Å². The summed E-state index contributed by atoms with van der Waals surface area (Å²) in [5.74, 6) is -0.451. The Morgan fingerprint density at radius 2 is 1.10 bits per heavy atom. The number of para-hydroxylation sites is 4. The molecule has 0 aliphatic rings. The fourth-order valence-electron chi connectivity index (χ4n) is 4.48. The van der Waals surface area contributed by atoms with E-state index in [0.717, 1.165) is 5.56 Å². The molecule has 8 nitrogen and oxygen atoms in total. The third kappa shape index (κ3) is 5.72. The van der Waals surface area contributed by atoms with Crippen molar-refractivity contribution in [1.29, 1.82) is 0 Å². The van der Waals surface area contributed by atoms with Crippen LogP contribution in [0.25, 0.3) is 43.6 Å². The molecular formula is C33H30N4O4. The maximum absolute atomic E-state index is 13.3. The number of rotatable bonds is 0. The highest BCUT2D eigenvalue weighted by Crippen LogP contribution is 2.31. The number of nitrogens with zero attached hydrogens (tertiary/aromatic N) is 2. The second-order valence-corrected chi connectivity index (χ2v) is 10.9. The summed E-state index contributed by atoms with van der Waals surface area (Å²) in [7, 11) is 0. The maximum atomic E-state index is 13.3. The number of phenols is 2. The quantitative estimate of drug-likeness (QED) is 0.180. The minimum atomic E-state index is -0.603. The minimum Gasteiger partial charge on any atom is -0.507 e. The summed E-state index contributed by atoms with van der Waals surface area (Å²) in [5.41, 5.74) is 1.80. The molecule has 0 aliphatic carbocycles. The van der Waals surface area contributed by atoms with Gasteiger partial charge in [-0.15, -0.1) is 0 Å². The van der Waals surface area contributed by atoms with Crippen molar-refractivity contribution in [2.24, 2.45) is 0 Å². The Balaban J connectivity index is 2.06. The predicted molar refractivity (Wildman–Crippen MR) is 164 cm³/mol. The van der Waals surface area contributed by atoms with E-state index < -0.39 is 16.9 Å². The van der Waals surface area contributed by atoms with Crippen LogP contribution in [0.4, 0.5) is 0 Å². The number of H-pyrrole nitrogens is 2. The van der Waals surface area contributed by atoms with E-state index in [2.05, 4.69) is 40.7 Å².